The van der Waals surface area contributed by atoms with Crippen molar-refractivity contribution in [2.24, 2.45) is 0 Å². The molecule has 1 fully saturated rings. The van der Waals surface area contributed by atoms with E-state index in [2.05, 4.69) is 0 Å². The number of carboxylic acid groups (broad SMARTS) is 1. The molecule has 6 N–H and O–H groups in total. The van der Waals surface area contributed by atoms with E-state index in [1.807, 2.05) is 0 Å². The Morgan fingerprint density at radius 3 is 1.87 bits per heavy atom. The van der Waals surface area contributed by atoms with E-state index in [0.717, 1.165) is 0 Å². The fraction of sp³-hybridized carbons (Fsp3) is 0.875. The molecule has 0 heterocycles. The Bertz CT molecular complexity index is 249. The molecule has 4 atom stereocenters. The molecule has 0 aromatic rings. The molecule has 15 heavy (non-hydrogen) atoms. The fourth-order valence-electron chi connectivity index (χ4n) is 1.26. The average molecular weight is 222 g/mol. The second kappa shape index (κ2) is 4.03. The smallest absolute Gasteiger partial charge is 0.335 e. The summed E-state index contributed by atoms with van der Waals surface area (Å²) in [4.78, 5) is 10.3. The molecule has 0 saturated heterocycles. The quantitative estimate of drug-likeness (QED) is 0.292. The minimum absolute atomic E-state index is 0.265. The molecule has 88 valence electrons. The van der Waals surface area contributed by atoms with Crippen LogP contribution in [0.15, 0.2) is 0 Å². The van der Waals surface area contributed by atoms with Gasteiger partial charge in [0.25, 0.3) is 0 Å². The topological polar surface area (TPSA) is 138 Å². The Morgan fingerprint density at radius 2 is 1.53 bits per heavy atom. The van der Waals surface area contributed by atoms with Crippen molar-refractivity contribution in [1.82, 2.24) is 0 Å². The Balaban J connectivity index is 2.59. The van der Waals surface area contributed by atoms with Crippen LogP contribution in [0.4, 0.5) is 0 Å². The molecule has 1 aliphatic carbocycles. The van der Waals surface area contributed by atoms with E-state index in [-0.39, 0.29) is 12.8 Å². The first-order valence-corrected chi connectivity index (χ1v) is 4.47. The second-order valence-electron chi connectivity index (χ2n) is 3.81. The molecule has 1 aliphatic rings. The van der Waals surface area contributed by atoms with Gasteiger partial charge in [-0.05, 0) is 12.8 Å². The zero-order valence-corrected chi connectivity index (χ0v) is 7.82. The lowest BCUT2D eigenvalue weighted by molar-refractivity contribution is -0.170. The first kappa shape index (κ1) is 12.3. The van der Waals surface area contributed by atoms with E-state index in [1.54, 1.807) is 0 Å². The van der Waals surface area contributed by atoms with Gasteiger partial charge in [0.1, 0.15) is 18.3 Å². The molecule has 0 spiro atoms. The molecule has 7 heteroatoms. The molecule has 1 saturated carbocycles. The number of carboxylic acids is 1. The van der Waals surface area contributed by atoms with Crippen molar-refractivity contribution in [3.05, 3.63) is 0 Å². The highest BCUT2D eigenvalue weighted by molar-refractivity contribution is 5.72. The van der Waals surface area contributed by atoms with Gasteiger partial charge in [-0.25, -0.2) is 4.79 Å². The summed E-state index contributed by atoms with van der Waals surface area (Å²) >= 11 is 0. The summed E-state index contributed by atoms with van der Waals surface area (Å²) in [5.74, 6) is -1.71. The van der Waals surface area contributed by atoms with E-state index >= 15 is 0 Å². The van der Waals surface area contributed by atoms with Gasteiger partial charge < -0.3 is 30.6 Å². The average Bonchev–Trinajstić information content (AvgIpc) is 2.93. The highest BCUT2D eigenvalue weighted by Gasteiger charge is 2.52. The van der Waals surface area contributed by atoms with Crippen LogP contribution in [0.5, 0.6) is 0 Å². The van der Waals surface area contributed by atoms with Crippen molar-refractivity contribution < 1.29 is 35.4 Å². The predicted molar refractivity (Wildman–Crippen MR) is 45.8 cm³/mol. The van der Waals surface area contributed by atoms with Gasteiger partial charge >= 0.3 is 5.97 Å². The lowest BCUT2D eigenvalue weighted by atomic mass is 9.98. The maximum atomic E-state index is 10.3. The number of rotatable bonds is 5. The summed E-state index contributed by atoms with van der Waals surface area (Å²) < 4.78 is 0. The van der Waals surface area contributed by atoms with Crippen LogP contribution in [0.2, 0.25) is 0 Å². The van der Waals surface area contributed by atoms with Crippen molar-refractivity contribution >= 4 is 5.97 Å². The Hall–Kier alpha value is -0.730. The number of aliphatic hydroxyl groups is 5. The predicted octanol–water partition coefficient (Wildman–Crippen LogP) is -2.96. The van der Waals surface area contributed by atoms with E-state index < -0.39 is 36.0 Å². The van der Waals surface area contributed by atoms with Crippen LogP contribution in [-0.2, 0) is 4.79 Å². The van der Waals surface area contributed by atoms with Gasteiger partial charge in [0.15, 0.2) is 6.10 Å². The van der Waals surface area contributed by atoms with Crippen LogP contribution in [-0.4, -0.2) is 66.6 Å². The second-order valence-corrected chi connectivity index (χ2v) is 3.81. The third kappa shape index (κ3) is 2.44. The summed E-state index contributed by atoms with van der Waals surface area (Å²) in [6, 6.07) is 0. The number of hydrogen-bond acceptors (Lipinski definition) is 6. The number of carbonyl (C=O) groups is 1. The van der Waals surface area contributed by atoms with Crippen molar-refractivity contribution in [3.63, 3.8) is 0 Å². The molecule has 0 radical (unpaired) electrons. The highest BCUT2D eigenvalue weighted by atomic mass is 16.4. The largest absolute Gasteiger partial charge is 0.479 e. The van der Waals surface area contributed by atoms with E-state index in [9.17, 15) is 20.1 Å². The van der Waals surface area contributed by atoms with Crippen LogP contribution in [0.25, 0.3) is 0 Å². The van der Waals surface area contributed by atoms with E-state index in [0.29, 0.717) is 0 Å². The van der Waals surface area contributed by atoms with Crippen molar-refractivity contribution in [2.45, 2.75) is 42.9 Å². The van der Waals surface area contributed by atoms with Crippen molar-refractivity contribution in [1.29, 1.82) is 0 Å². The lowest BCUT2D eigenvalue weighted by Crippen LogP contribution is -2.51. The first-order chi connectivity index (χ1) is 6.79. The zero-order valence-electron chi connectivity index (χ0n) is 7.82. The maximum absolute atomic E-state index is 10.3. The summed E-state index contributed by atoms with van der Waals surface area (Å²) in [7, 11) is 0. The molecule has 7 nitrogen and oxygen atoms in total. The lowest BCUT2D eigenvalue weighted by Gasteiger charge is -2.27. The Kier molecular flexibility index (Phi) is 3.31. The summed E-state index contributed by atoms with van der Waals surface area (Å²) in [6.45, 7) is 0. The monoisotopic (exact) mass is 222 g/mol. The molecule has 0 aliphatic heterocycles. The number of hydrogen-bond donors (Lipinski definition) is 6. The molecular weight excluding hydrogens is 208 g/mol. The number of aliphatic carboxylic acids is 1. The Morgan fingerprint density at radius 1 is 1.07 bits per heavy atom. The minimum atomic E-state index is -2.20. The minimum Gasteiger partial charge on any atom is -0.479 e. The maximum Gasteiger partial charge on any atom is 0.335 e. The van der Waals surface area contributed by atoms with Gasteiger partial charge in [-0.2, -0.15) is 0 Å². The third-order valence-electron chi connectivity index (χ3n) is 2.56. The van der Waals surface area contributed by atoms with E-state index in [4.69, 9.17) is 15.3 Å². The highest BCUT2D eigenvalue weighted by Crippen LogP contribution is 2.40. The fourth-order valence-corrected chi connectivity index (χ4v) is 1.26. The van der Waals surface area contributed by atoms with E-state index in [1.165, 1.54) is 0 Å². The molecule has 0 bridgehead atoms. The Labute approximate surface area is 85.2 Å². The molecule has 0 unspecified atom stereocenters. The summed E-state index contributed by atoms with van der Waals surface area (Å²) in [5.41, 5.74) is -1.47. The van der Waals surface area contributed by atoms with Gasteiger partial charge in [-0.3, -0.25) is 0 Å². The van der Waals surface area contributed by atoms with Gasteiger partial charge in [-0.1, -0.05) is 0 Å². The van der Waals surface area contributed by atoms with Gasteiger partial charge in [-0.15, -0.1) is 0 Å². The van der Waals surface area contributed by atoms with Gasteiger partial charge in [0.2, 0.25) is 0 Å². The van der Waals surface area contributed by atoms with Crippen molar-refractivity contribution in [2.75, 3.05) is 0 Å². The third-order valence-corrected chi connectivity index (χ3v) is 2.56. The SMILES string of the molecule is O=C(O)[C@@H](O)[C@@H](O)[C@H](O)[C@H](O)C1(O)CC1. The van der Waals surface area contributed by atoms with Crippen LogP contribution >= 0.6 is 0 Å². The van der Waals surface area contributed by atoms with Crippen LogP contribution in [0.3, 0.4) is 0 Å². The molecule has 0 amide bonds. The molecule has 0 aromatic heterocycles. The summed E-state index contributed by atoms with van der Waals surface area (Å²) in [6.07, 6.45) is -7.27. The van der Waals surface area contributed by atoms with Crippen LogP contribution in [0, 0.1) is 0 Å². The van der Waals surface area contributed by atoms with Crippen LogP contribution in [0.1, 0.15) is 12.8 Å². The normalized spacial score (nSPS) is 26.5. The van der Waals surface area contributed by atoms with Crippen LogP contribution < -0.4 is 0 Å². The van der Waals surface area contributed by atoms with Crippen molar-refractivity contribution in [3.8, 4) is 0 Å². The summed E-state index contributed by atoms with van der Waals surface area (Å²) in [5, 5.41) is 54.4. The first-order valence-electron chi connectivity index (χ1n) is 4.47. The molecule has 1 rings (SSSR count). The van der Waals surface area contributed by atoms with Gasteiger partial charge in [0, 0.05) is 0 Å². The molecule has 0 aromatic carbocycles. The standard InChI is InChI=1S/C8H14O7/c9-3(5(11)7(13)14)4(10)6(12)8(15)1-2-8/h3-6,9-12,15H,1-2H2,(H,13,14)/t3-,4-,5-,6-/m0/s1. The van der Waals surface area contributed by atoms with Gasteiger partial charge in [0.05, 0.1) is 5.60 Å². The molecular formula is C8H14O7. The number of aliphatic hydroxyl groups excluding tert-OH is 4. The zero-order chi connectivity index (χ0) is 11.8.